The van der Waals surface area contributed by atoms with Gasteiger partial charge in [-0.15, -0.1) is 0 Å². The molecule has 15 heavy (non-hydrogen) atoms. The van der Waals surface area contributed by atoms with Gasteiger partial charge in [-0.05, 0) is 18.6 Å². The van der Waals surface area contributed by atoms with E-state index in [9.17, 15) is 4.39 Å². The van der Waals surface area contributed by atoms with E-state index in [4.69, 9.17) is 4.42 Å². The third kappa shape index (κ3) is 2.79. The first kappa shape index (κ1) is 10.2. The van der Waals surface area contributed by atoms with Crippen molar-refractivity contribution < 1.29 is 8.81 Å². The average Bonchev–Trinajstić information content (AvgIpc) is 2.62. The lowest BCUT2D eigenvalue weighted by molar-refractivity contribution is 0.454. The number of rotatable bonds is 3. The second-order valence-corrected chi connectivity index (χ2v) is 3.98. The SMILES string of the molecule is Cc1coc(SCc2cncc(F)c2)n1. The highest BCUT2D eigenvalue weighted by Gasteiger charge is 2.03. The minimum Gasteiger partial charge on any atom is -0.440 e. The molecular formula is C10H9FN2OS. The number of pyridine rings is 1. The van der Waals surface area contributed by atoms with Gasteiger partial charge in [-0.25, -0.2) is 9.37 Å². The lowest BCUT2D eigenvalue weighted by Crippen LogP contribution is -1.85. The van der Waals surface area contributed by atoms with Crippen molar-refractivity contribution >= 4 is 11.8 Å². The smallest absolute Gasteiger partial charge is 0.256 e. The Bertz CT molecular complexity index is 458. The van der Waals surface area contributed by atoms with Gasteiger partial charge < -0.3 is 4.42 Å². The molecule has 2 aromatic rings. The number of oxazole rings is 1. The quantitative estimate of drug-likeness (QED) is 0.751. The molecule has 0 aliphatic rings. The number of hydrogen-bond acceptors (Lipinski definition) is 4. The van der Waals surface area contributed by atoms with Gasteiger partial charge in [0.2, 0.25) is 0 Å². The van der Waals surface area contributed by atoms with Gasteiger partial charge in [0.05, 0.1) is 11.9 Å². The Kier molecular flexibility index (Phi) is 3.01. The molecular weight excluding hydrogens is 215 g/mol. The lowest BCUT2D eigenvalue weighted by atomic mass is 10.3. The third-order valence-corrected chi connectivity index (χ3v) is 2.63. The minimum absolute atomic E-state index is 0.323. The Hall–Kier alpha value is -1.36. The van der Waals surface area contributed by atoms with E-state index in [-0.39, 0.29) is 5.82 Å². The fourth-order valence-corrected chi connectivity index (χ4v) is 1.85. The van der Waals surface area contributed by atoms with Crippen LogP contribution in [0.1, 0.15) is 11.3 Å². The first-order valence-corrected chi connectivity index (χ1v) is 5.37. The predicted molar refractivity (Wildman–Crippen MR) is 55.0 cm³/mol. The monoisotopic (exact) mass is 224 g/mol. The Morgan fingerprint density at radius 3 is 3.00 bits per heavy atom. The van der Waals surface area contributed by atoms with Gasteiger partial charge in [0.15, 0.2) is 0 Å². The number of halogens is 1. The van der Waals surface area contributed by atoms with Crippen LogP contribution in [0.5, 0.6) is 0 Å². The van der Waals surface area contributed by atoms with Crippen molar-refractivity contribution in [3.8, 4) is 0 Å². The number of nitrogens with zero attached hydrogens (tertiary/aromatic N) is 2. The highest BCUT2D eigenvalue weighted by molar-refractivity contribution is 7.98. The molecule has 5 heteroatoms. The highest BCUT2D eigenvalue weighted by Crippen LogP contribution is 2.21. The van der Waals surface area contributed by atoms with Crippen LogP contribution in [0.4, 0.5) is 4.39 Å². The van der Waals surface area contributed by atoms with Crippen LogP contribution in [0, 0.1) is 12.7 Å². The summed E-state index contributed by atoms with van der Waals surface area (Å²) < 4.78 is 17.9. The molecule has 2 heterocycles. The summed E-state index contributed by atoms with van der Waals surface area (Å²) in [5.41, 5.74) is 1.66. The summed E-state index contributed by atoms with van der Waals surface area (Å²) in [7, 11) is 0. The molecule has 0 saturated heterocycles. The van der Waals surface area contributed by atoms with Gasteiger partial charge in [-0.1, -0.05) is 11.8 Å². The molecule has 78 valence electrons. The zero-order chi connectivity index (χ0) is 10.7. The Balaban J connectivity index is 1.99. The van der Waals surface area contributed by atoms with Crippen LogP contribution in [0.15, 0.2) is 34.4 Å². The van der Waals surface area contributed by atoms with Crippen LogP contribution in [0.3, 0.4) is 0 Å². The van der Waals surface area contributed by atoms with Gasteiger partial charge in [-0.2, -0.15) is 0 Å². The second-order valence-electron chi connectivity index (χ2n) is 3.05. The number of aryl methyl sites for hydroxylation is 1. The van der Waals surface area contributed by atoms with Gasteiger partial charge >= 0.3 is 0 Å². The van der Waals surface area contributed by atoms with Crippen LogP contribution in [0.2, 0.25) is 0 Å². The van der Waals surface area contributed by atoms with Crippen molar-refractivity contribution in [2.45, 2.75) is 17.9 Å². The number of hydrogen-bond donors (Lipinski definition) is 0. The van der Waals surface area contributed by atoms with Crippen LogP contribution in [0.25, 0.3) is 0 Å². The van der Waals surface area contributed by atoms with E-state index >= 15 is 0 Å². The first-order valence-electron chi connectivity index (χ1n) is 4.38. The first-order chi connectivity index (χ1) is 7.24. The van der Waals surface area contributed by atoms with E-state index in [1.807, 2.05) is 6.92 Å². The maximum absolute atomic E-state index is 12.8. The van der Waals surface area contributed by atoms with E-state index < -0.39 is 0 Å². The van der Waals surface area contributed by atoms with Gasteiger partial charge in [0, 0.05) is 11.9 Å². The molecule has 0 aromatic carbocycles. The zero-order valence-electron chi connectivity index (χ0n) is 8.11. The van der Waals surface area contributed by atoms with E-state index in [1.54, 1.807) is 12.5 Å². The zero-order valence-corrected chi connectivity index (χ0v) is 8.92. The summed E-state index contributed by atoms with van der Waals surface area (Å²) in [4.78, 5) is 7.89. The molecule has 2 rings (SSSR count). The highest BCUT2D eigenvalue weighted by atomic mass is 32.2. The predicted octanol–water partition coefficient (Wildman–Crippen LogP) is 2.81. The molecule has 0 aliphatic carbocycles. The van der Waals surface area contributed by atoms with Gasteiger partial charge in [0.25, 0.3) is 5.22 Å². The Morgan fingerprint density at radius 1 is 1.47 bits per heavy atom. The van der Waals surface area contributed by atoms with E-state index in [1.165, 1.54) is 24.0 Å². The summed E-state index contributed by atoms with van der Waals surface area (Å²) >= 11 is 1.42. The third-order valence-electron chi connectivity index (χ3n) is 1.72. The largest absolute Gasteiger partial charge is 0.440 e. The molecule has 2 aromatic heterocycles. The van der Waals surface area contributed by atoms with Crippen molar-refractivity contribution in [2.75, 3.05) is 0 Å². The molecule has 3 nitrogen and oxygen atoms in total. The number of thioether (sulfide) groups is 1. The maximum Gasteiger partial charge on any atom is 0.256 e. The summed E-state index contributed by atoms with van der Waals surface area (Å²) in [6.07, 6.45) is 4.40. The van der Waals surface area contributed by atoms with Gasteiger partial charge in [-0.3, -0.25) is 4.98 Å². The normalized spacial score (nSPS) is 10.5. The number of aromatic nitrogens is 2. The van der Waals surface area contributed by atoms with Crippen LogP contribution in [-0.2, 0) is 5.75 Å². The topological polar surface area (TPSA) is 38.9 Å². The fourth-order valence-electron chi connectivity index (χ4n) is 1.08. The Morgan fingerprint density at radius 2 is 2.33 bits per heavy atom. The fraction of sp³-hybridized carbons (Fsp3) is 0.200. The van der Waals surface area contributed by atoms with E-state index in [0.29, 0.717) is 11.0 Å². The standard InChI is InChI=1S/C10H9FN2OS/c1-7-5-14-10(13-7)15-6-8-2-9(11)4-12-3-8/h2-5H,6H2,1H3. The van der Waals surface area contributed by atoms with Crippen LogP contribution in [-0.4, -0.2) is 9.97 Å². The summed E-state index contributed by atoms with van der Waals surface area (Å²) in [5.74, 6) is 0.279. The van der Waals surface area contributed by atoms with Crippen LogP contribution >= 0.6 is 11.8 Å². The lowest BCUT2D eigenvalue weighted by Gasteiger charge is -1.97. The van der Waals surface area contributed by atoms with E-state index in [0.717, 1.165) is 11.3 Å². The molecule has 0 radical (unpaired) electrons. The van der Waals surface area contributed by atoms with Crippen molar-refractivity contribution in [1.82, 2.24) is 9.97 Å². The molecule has 0 saturated carbocycles. The Labute approximate surface area is 90.7 Å². The van der Waals surface area contributed by atoms with Crippen molar-refractivity contribution in [1.29, 1.82) is 0 Å². The molecule has 0 spiro atoms. The maximum atomic E-state index is 12.8. The molecule has 0 fully saturated rings. The molecule has 0 bridgehead atoms. The molecule has 0 amide bonds. The molecule has 0 unspecified atom stereocenters. The van der Waals surface area contributed by atoms with Crippen molar-refractivity contribution in [3.63, 3.8) is 0 Å². The van der Waals surface area contributed by atoms with Gasteiger partial charge in [0.1, 0.15) is 12.1 Å². The van der Waals surface area contributed by atoms with Crippen LogP contribution < -0.4 is 0 Å². The minimum atomic E-state index is -0.323. The van der Waals surface area contributed by atoms with E-state index in [2.05, 4.69) is 9.97 Å². The van der Waals surface area contributed by atoms with Crippen molar-refractivity contribution in [3.05, 3.63) is 41.8 Å². The molecule has 0 atom stereocenters. The van der Waals surface area contributed by atoms with Crippen molar-refractivity contribution in [2.24, 2.45) is 0 Å². The summed E-state index contributed by atoms with van der Waals surface area (Å²) in [6, 6.07) is 1.45. The summed E-state index contributed by atoms with van der Waals surface area (Å²) in [6.45, 7) is 1.86. The average molecular weight is 224 g/mol. The molecule has 0 N–H and O–H groups in total. The molecule has 0 aliphatic heterocycles. The second kappa shape index (κ2) is 4.44. The summed E-state index contributed by atoms with van der Waals surface area (Å²) in [5, 5.41) is 0.594.